The van der Waals surface area contributed by atoms with Crippen molar-refractivity contribution in [3.8, 4) is 27.9 Å². The Balaban J connectivity index is 1.06. The molecular weight excluding hydrogens is 665 g/mol. The molecule has 55 heavy (non-hydrogen) atoms. The van der Waals surface area contributed by atoms with Crippen LogP contribution in [0.5, 0.6) is 0 Å². The summed E-state index contributed by atoms with van der Waals surface area (Å²) >= 11 is 0. The number of hydrogen-bond donors (Lipinski definition) is 0. The molecule has 0 bridgehead atoms. The largest absolute Gasteiger partial charge is 0.310 e. The van der Waals surface area contributed by atoms with Crippen LogP contribution in [0, 0.1) is 0 Å². The van der Waals surface area contributed by atoms with Gasteiger partial charge in [0.1, 0.15) is 0 Å². The van der Waals surface area contributed by atoms with Crippen LogP contribution in [0.2, 0.25) is 0 Å². The van der Waals surface area contributed by atoms with Crippen LogP contribution >= 0.6 is 0 Å². The average molecular weight is 703 g/mol. The number of hydrogen-bond acceptors (Lipinski definition) is 1. The molecule has 0 atom stereocenters. The van der Waals surface area contributed by atoms with Gasteiger partial charge in [-0.3, -0.25) is 0 Å². The first-order chi connectivity index (χ1) is 27.0. The Kier molecular flexibility index (Phi) is 6.93. The van der Waals surface area contributed by atoms with Crippen LogP contribution in [0.3, 0.4) is 0 Å². The molecule has 1 aromatic heterocycles. The minimum atomic E-state index is -0.214. The molecule has 0 fully saturated rings. The highest BCUT2D eigenvalue weighted by molar-refractivity contribution is 6.28. The zero-order chi connectivity index (χ0) is 36.7. The quantitative estimate of drug-likeness (QED) is 0.173. The molecule has 1 aliphatic carbocycles. The number of rotatable bonds is 5. The number of aromatic nitrogens is 1. The van der Waals surface area contributed by atoms with Crippen molar-refractivity contribution in [3.63, 3.8) is 0 Å². The van der Waals surface area contributed by atoms with Crippen LogP contribution in [0.25, 0.3) is 71.3 Å². The number of nitrogens with zero attached hydrogens (tertiary/aromatic N) is 2. The minimum Gasteiger partial charge on any atom is -0.310 e. The molecule has 0 unspecified atom stereocenters. The highest BCUT2D eigenvalue weighted by Gasteiger charge is 2.36. The van der Waals surface area contributed by atoms with E-state index in [0.717, 1.165) is 17.1 Å². The Morgan fingerprint density at radius 1 is 0.400 bits per heavy atom. The minimum absolute atomic E-state index is 0.214. The molecule has 0 spiro atoms. The molecule has 0 amide bonds. The molecule has 0 aliphatic heterocycles. The second-order valence-corrected chi connectivity index (χ2v) is 15.4. The summed E-state index contributed by atoms with van der Waals surface area (Å²) in [4.78, 5) is 2.38. The lowest BCUT2D eigenvalue weighted by atomic mass is 9.82. The fourth-order valence-corrected chi connectivity index (χ4v) is 9.28. The first kappa shape index (κ1) is 31.6. The van der Waals surface area contributed by atoms with Crippen molar-refractivity contribution in [3.05, 3.63) is 205 Å². The van der Waals surface area contributed by atoms with Crippen molar-refractivity contribution < 1.29 is 0 Å². The first-order valence-corrected chi connectivity index (χ1v) is 19.2. The van der Waals surface area contributed by atoms with Gasteiger partial charge in [-0.1, -0.05) is 147 Å². The van der Waals surface area contributed by atoms with E-state index in [2.05, 4.69) is 217 Å². The molecule has 11 rings (SSSR count). The summed E-state index contributed by atoms with van der Waals surface area (Å²) in [7, 11) is 0. The summed E-state index contributed by atoms with van der Waals surface area (Å²) in [5.74, 6) is 0. The first-order valence-electron chi connectivity index (χ1n) is 19.2. The summed E-state index contributed by atoms with van der Waals surface area (Å²) in [6.45, 7) is 4.78. The fourth-order valence-electron chi connectivity index (χ4n) is 9.28. The lowest BCUT2D eigenvalue weighted by Gasteiger charge is -2.28. The predicted octanol–water partition coefficient (Wildman–Crippen LogP) is 14.5. The molecule has 1 heterocycles. The van der Waals surface area contributed by atoms with Crippen LogP contribution in [0.4, 0.5) is 17.1 Å². The summed E-state index contributed by atoms with van der Waals surface area (Å²) in [5, 5.41) is 7.74. The maximum atomic E-state index is 2.49. The second kappa shape index (κ2) is 12.1. The topological polar surface area (TPSA) is 8.17 Å². The lowest BCUT2D eigenvalue weighted by Crippen LogP contribution is -2.17. The van der Waals surface area contributed by atoms with Crippen molar-refractivity contribution >= 4 is 60.4 Å². The van der Waals surface area contributed by atoms with Crippen molar-refractivity contribution in [2.24, 2.45) is 0 Å². The van der Waals surface area contributed by atoms with Gasteiger partial charge in [-0.15, -0.1) is 0 Å². The molecule has 2 nitrogen and oxygen atoms in total. The fraction of sp³-hybridized carbons (Fsp3) is 0.0566. The van der Waals surface area contributed by atoms with Crippen molar-refractivity contribution in [1.29, 1.82) is 0 Å². The number of benzene rings is 9. The third kappa shape index (κ3) is 4.81. The van der Waals surface area contributed by atoms with E-state index in [1.54, 1.807) is 0 Å². The highest BCUT2D eigenvalue weighted by atomic mass is 15.1. The van der Waals surface area contributed by atoms with Crippen LogP contribution in [0.1, 0.15) is 25.0 Å². The van der Waals surface area contributed by atoms with Gasteiger partial charge in [0.15, 0.2) is 0 Å². The molecule has 0 N–H and O–H groups in total. The summed E-state index contributed by atoms with van der Waals surface area (Å²) in [6.07, 6.45) is 0. The van der Waals surface area contributed by atoms with Gasteiger partial charge in [0.2, 0.25) is 0 Å². The van der Waals surface area contributed by atoms with Gasteiger partial charge < -0.3 is 9.47 Å². The van der Waals surface area contributed by atoms with Gasteiger partial charge >= 0.3 is 0 Å². The SMILES string of the molecule is CC1(C)c2cc(N(c3ccccc3)c3ccc(-c4ccccc4)cc3)ccc2-c2ccc(-n3c4ccc5ccccc5c4c4c5ccccc5ccc43)cc21. The number of para-hydroxylation sites is 1. The third-order valence-electron chi connectivity index (χ3n) is 12.0. The normalized spacial score (nSPS) is 13.1. The molecule has 0 saturated heterocycles. The van der Waals surface area contributed by atoms with Gasteiger partial charge in [-0.05, 0) is 116 Å². The predicted molar refractivity (Wildman–Crippen MR) is 233 cm³/mol. The Bertz CT molecular complexity index is 3010. The van der Waals surface area contributed by atoms with Gasteiger partial charge in [0, 0.05) is 38.9 Å². The van der Waals surface area contributed by atoms with Crippen LogP contribution in [-0.4, -0.2) is 4.57 Å². The van der Waals surface area contributed by atoms with Gasteiger partial charge in [0.25, 0.3) is 0 Å². The van der Waals surface area contributed by atoms with E-state index in [1.165, 1.54) is 82.4 Å². The number of anilines is 3. The molecule has 2 heteroatoms. The van der Waals surface area contributed by atoms with E-state index in [0.29, 0.717) is 0 Å². The maximum absolute atomic E-state index is 2.49. The zero-order valence-corrected chi connectivity index (χ0v) is 30.9. The third-order valence-corrected chi connectivity index (χ3v) is 12.0. The molecule has 0 saturated carbocycles. The Morgan fingerprint density at radius 3 is 1.53 bits per heavy atom. The molecule has 10 aromatic rings. The second-order valence-electron chi connectivity index (χ2n) is 15.4. The Morgan fingerprint density at radius 2 is 0.891 bits per heavy atom. The van der Waals surface area contributed by atoms with Crippen molar-refractivity contribution in [1.82, 2.24) is 4.57 Å². The molecule has 260 valence electrons. The van der Waals surface area contributed by atoms with Gasteiger partial charge in [0.05, 0.1) is 11.0 Å². The lowest BCUT2D eigenvalue weighted by molar-refractivity contribution is 0.660. The van der Waals surface area contributed by atoms with Crippen LogP contribution in [0.15, 0.2) is 194 Å². The van der Waals surface area contributed by atoms with E-state index < -0.39 is 0 Å². The van der Waals surface area contributed by atoms with Crippen molar-refractivity contribution in [2.75, 3.05) is 4.90 Å². The highest BCUT2D eigenvalue weighted by Crippen LogP contribution is 2.52. The summed E-state index contributed by atoms with van der Waals surface area (Å²) in [5.41, 5.74) is 14.6. The molecule has 0 radical (unpaired) electrons. The van der Waals surface area contributed by atoms with Crippen LogP contribution < -0.4 is 4.90 Å². The molecular formula is C53H38N2. The van der Waals surface area contributed by atoms with Gasteiger partial charge in [-0.25, -0.2) is 0 Å². The summed E-state index contributed by atoms with van der Waals surface area (Å²) in [6, 6.07) is 71.2. The number of fused-ring (bicyclic) bond motifs is 10. The Hall–Kier alpha value is -6.90. The molecule has 9 aromatic carbocycles. The zero-order valence-electron chi connectivity index (χ0n) is 30.9. The molecule has 1 aliphatic rings. The monoisotopic (exact) mass is 702 g/mol. The smallest absolute Gasteiger partial charge is 0.0547 e. The van der Waals surface area contributed by atoms with E-state index in [1.807, 2.05) is 0 Å². The summed E-state index contributed by atoms with van der Waals surface area (Å²) < 4.78 is 2.49. The van der Waals surface area contributed by atoms with Crippen molar-refractivity contribution in [2.45, 2.75) is 19.3 Å². The van der Waals surface area contributed by atoms with E-state index >= 15 is 0 Å². The maximum Gasteiger partial charge on any atom is 0.0547 e. The standard InChI is InChI=1S/C53H38N2/c1-53(2)47-33-41(54(39-17-7-4-8-18-39)40-25-21-36(22-26-40)35-13-5-3-6-14-35)27-29-45(47)46-30-28-42(34-48(46)53)55-49-31-23-37-15-9-11-19-43(37)51(49)52-44-20-12-10-16-38(44)24-32-50(52)55/h3-34H,1-2H3. The average Bonchev–Trinajstić information content (AvgIpc) is 3.70. The van der Waals surface area contributed by atoms with E-state index in [-0.39, 0.29) is 5.41 Å². The van der Waals surface area contributed by atoms with E-state index in [9.17, 15) is 0 Å². The van der Waals surface area contributed by atoms with Crippen LogP contribution in [-0.2, 0) is 5.41 Å². The van der Waals surface area contributed by atoms with E-state index in [4.69, 9.17) is 0 Å². The Labute approximate surface area is 321 Å². The van der Waals surface area contributed by atoms with Gasteiger partial charge in [-0.2, -0.15) is 0 Å².